The number of ether oxygens (including phenoxy) is 4. The first-order valence-electron chi connectivity index (χ1n) is 13.9. The number of guanidine groups is 2. The Labute approximate surface area is 271 Å². The van der Waals surface area contributed by atoms with Gasteiger partial charge in [-0.15, -0.1) is 0 Å². The molecule has 2 heterocycles. The fourth-order valence-corrected chi connectivity index (χ4v) is 6.96. The number of carbonyl (C=O) groups excluding carboxylic acids is 1. The van der Waals surface area contributed by atoms with E-state index in [9.17, 15) is 59.0 Å². The van der Waals surface area contributed by atoms with Gasteiger partial charge < -0.3 is 92.3 Å². The molecule has 27 heteroatoms. The van der Waals surface area contributed by atoms with Crippen LogP contribution < -0.4 is 28.3 Å². The number of nitrogens with two attached hydrogens (primary N) is 4. The fourth-order valence-electron chi connectivity index (χ4n) is 5.69. The number of aliphatic hydroxyl groups is 5. The minimum absolute atomic E-state index is 0.0923. The number of nitrogens with one attached hydrogen (secondary N) is 1. The van der Waals surface area contributed by atoms with Crippen molar-refractivity contribution in [3.8, 4) is 0 Å². The number of nitrogens with zero attached hydrogens (tertiary/aromatic N) is 2. The highest BCUT2D eigenvalue weighted by atomic mass is 31.2. The summed E-state index contributed by atoms with van der Waals surface area (Å²) in [4.78, 5) is 58.6. The van der Waals surface area contributed by atoms with Gasteiger partial charge in [-0.3, -0.25) is 13.8 Å². The largest absolute Gasteiger partial charge is 0.470 e. The number of rotatable bonds is 13. The molecule has 18 N–H and O–H groups in total. The summed E-state index contributed by atoms with van der Waals surface area (Å²) in [6.45, 7) is 0.248. The zero-order chi connectivity index (χ0) is 36.5. The smallest absolute Gasteiger partial charge is 0.394 e. The van der Waals surface area contributed by atoms with Gasteiger partial charge in [-0.2, -0.15) is 0 Å². The Morgan fingerprint density at radius 3 is 1.88 bits per heavy atom. The highest BCUT2D eigenvalue weighted by molar-refractivity contribution is 7.46. The van der Waals surface area contributed by atoms with Crippen LogP contribution in [0, 0.1) is 0 Å². The van der Waals surface area contributed by atoms with E-state index in [1.54, 1.807) is 0 Å². The standard InChI is InChI=1S/C21H41N7O18P2/c1-5-21(4-30,46-48(38,39)40)16(44-17-9(26-2)12(33)10(31)6(3-29)42-17)18(41-5)43-14-7(27-19(22)23)11(32)8(28-20(24)25)15(13(14)34)45-47(35,36)37/h4-18,26,29,31-34H,3H2,1-2H3,(H4,22,23,27)(H4,24,25,28)(H2,35,36,37)(H2,38,39,40). The summed E-state index contributed by atoms with van der Waals surface area (Å²) >= 11 is 0. The highest BCUT2D eigenvalue weighted by Crippen LogP contribution is 2.50. The first-order valence-corrected chi connectivity index (χ1v) is 16.9. The van der Waals surface area contributed by atoms with Crippen LogP contribution in [-0.4, -0.2) is 168 Å². The molecule has 48 heavy (non-hydrogen) atoms. The van der Waals surface area contributed by atoms with Crippen molar-refractivity contribution < 1.29 is 87.0 Å². The third-order valence-electron chi connectivity index (χ3n) is 7.81. The van der Waals surface area contributed by atoms with Gasteiger partial charge in [0.2, 0.25) is 0 Å². The molecule has 15 atom stereocenters. The van der Waals surface area contributed by atoms with Crippen molar-refractivity contribution in [2.24, 2.45) is 32.9 Å². The molecule has 1 aliphatic carbocycles. The zero-order valence-electron chi connectivity index (χ0n) is 25.2. The van der Waals surface area contributed by atoms with Crippen LogP contribution >= 0.6 is 15.6 Å². The Balaban J connectivity index is 2.15. The lowest BCUT2D eigenvalue weighted by atomic mass is 9.81. The second-order valence-electron chi connectivity index (χ2n) is 11.0. The number of phosphoric ester groups is 2. The third kappa shape index (κ3) is 8.84. The molecule has 3 fully saturated rings. The van der Waals surface area contributed by atoms with E-state index >= 15 is 0 Å². The van der Waals surface area contributed by atoms with Crippen LogP contribution in [0.4, 0.5) is 0 Å². The van der Waals surface area contributed by atoms with Crippen LogP contribution in [0.2, 0.25) is 0 Å². The Morgan fingerprint density at radius 1 is 0.854 bits per heavy atom. The number of hydrogen-bond acceptors (Lipinski definition) is 17. The molecule has 3 rings (SSSR count). The number of aliphatic hydroxyl groups excluding tert-OH is 5. The van der Waals surface area contributed by atoms with Gasteiger partial charge in [-0.05, 0) is 14.0 Å². The highest BCUT2D eigenvalue weighted by Gasteiger charge is 2.64. The van der Waals surface area contributed by atoms with Gasteiger partial charge in [0.25, 0.3) is 0 Å². The fraction of sp³-hybridized carbons (Fsp3) is 0.857. The molecule has 0 radical (unpaired) electrons. The van der Waals surface area contributed by atoms with E-state index < -0.39 is 125 Å². The average Bonchev–Trinajstić information content (AvgIpc) is 3.20. The van der Waals surface area contributed by atoms with Crippen LogP contribution in [0.25, 0.3) is 0 Å². The first-order chi connectivity index (χ1) is 22.1. The second-order valence-corrected chi connectivity index (χ2v) is 13.4. The Morgan fingerprint density at radius 2 is 1.42 bits per heavy atom. The van der Waals surface area contributed by atoms with Crippen molar-refractivity contribution >= 4 is 33.9 Å². The van der Waals surface area contributed by atoms with Crippen molar-refractivity contribution in [1.29, 1.82) is 0 Å². The number of aldehydes is 1. The molecule has 0 amide bonds. The molecule has 0 aromatic heterocycles. The Bertz CT molecular complexity index is 1280. The van der Waals surface area contributed by atoms with Crippen molar-refractivity contribution in [3.63, 3.8) is 0 Å². The van der Waals surface area contributed by atoms with E-state index in [-0.39, 0.29) is 6.29 Å². The van der Waals surface area contributed by atoms with Crippen LogP contribution in [-0.2, 0) is 41.9 Å². The van der Waals surface area contributed by atoms with Gasteiger partial charge in [0, 0.05) is 0 Å². The summed E-state index contributed by atoms with van der Waals surface area (Å²) in [5.74, 6) is -1.44. The Kier molecular flexibility index (Phi) is 13.1. The normalized spacial score (nSPS) is 42.2. The molecule has 3 aliphatic rings. The van der Waals surface area contributed by atoms with E-state index in [1.807, 2.05) is 0 Å². The van der Waals surface area contributed by atoms with Gasteiger partial charge in [-0.1, -0.05) is 0 Å². The number of likely N-dealkylation sites (N-methyl/N-ethyl adjacent to an activating group) is 1. The topological polar surface area (TPSA) is 429 Å². The minimum Gasteiger partial charge on any atom is -0.394 e. The van der Waals surface area contributed by atoms with Crippen molar-refractivity contribution in [2.45, 2.75) is 98.2 Å². The summed E-state index contributed by atoms with van der Waals surface area (Å²) in [7, 11) is -9.76. The van der Waals surface area contributed by atoms with Crippen molar-refractivity contribution in [3.05, 3.63) is 0 Å². The van der Waals surface area contributed by atoms with Crippen molar-refractivity contribution in [1.82, 2.24) is 5.32 Å². The molecule has 0 aromatic carbocycles. The maximum absolute atomic E-state index is 12.6. The number of aliphatic imine (C=N–C) groups is 2. The lowest BCUT2D eigenvalue weighted by Gasteiger charge is -2.46. The average molecular weight is 742 g/mol. The van der Waals surface area contributed by atoms with Crippen molar-refractivity contribution in [2.75, 3.05) is 13.7 Å². The molecule has 2 saturated heterocycles. The van der Waals surface area contributed by atoms with Gasteiger partial charge in [0.15, 0.2) is 42.5 Å². The van der Waals surface area contributed by atoms with Gasteiger partial charge >= 0.3 is 15.6 Å². The molecule has 1 saturated carbocycles. The van der Waals surface area contributed by atoms with E-state index in [0.29, 0.717) is 0 Å². The monoisotopic (exact) mass is 741 g/mol. The predicted molar refractivity (Wildman–Crippen MR) is 155 cm³/mol. The van der Waals surface area contributed by atoms with E-state index in [0.717, 1.165) is 6.92 Å². The Hall–Kier alpha value is -1.97. The quantitative estimate of drug-likeness (QED) is 0.0360. The molecule has 0 spiro atoms. The molecule has 278 valence electrons. The van der Waals surface area contributed by atoms with Gasteiger partial charge in [-0.25, -0.2) is 19.1 Å². The first kappa shape index (κ1) is 40.5. The van der Waals surface area contributed by atoms with E-state index in [2.05, 4.69) is 19.8 Å². The SMILES string of the molecule is CNC1C(OC2C(OC3C(O)C(OP(=O)(O)O)C(N=C(N)N)C(O)C3N=C(N)N)OC(C)C2(C=O)OP(=O)(O)O)OC(CO)C(O)C1O. The summed E-state index contributed by atoms with van der Waals surface area (Å²) in [5.41, 5.74) is 19.1. The van der Waals surface area contributed by atoms with E-state index in [1.165, 1.54) is 7.05 Å². The maximum atomic E-state index is 12.6. The van der Waals surface area contributed by atoms with Gasteiger partial charge in [0.05, 0.1) is 18.8 Å². The maximum Gasteiger partial charge on any atom is 0.470 e. The minimum atomic E-state index is -5.59. The van der Waals surface area contributed by atoms with Crippen LogP contribution in [0.15, 0.2) is 9.98 Å². The second kappa shape index (κ2) is 15.5. The summed E-state index contributed by atoms with van der Waals surface area (Å²) in [6, 6.07) is -5.00. The lowest BCUT2D eigenvalue weighted by molar-refractivity contribution is -0.313. The summed E-state index contributed by atoms with van der Waals surface area (Å²) in [6.07, 6.45) is -21.1. The number of phosphoric acid groups is 2. The zero-order valence-corrected chi connectivity index (χ0v) is 27.0. The third-order valence-corrected chi connectivity index (χ3v) is 8.89. The van der Waals surface area contributed by atoms with E-state index in [4.69, 9.17) is 46.4 Å². The van der Waals surface area contributed by atoms with Crippen LogP contribution in [0.5, 0.6) is 0 Å². The lowest BCUT2D eigenvalue weighted by Crippen LogP contribution is -2.67. The van der Waals surface area contributed by atoms with Gasteiger partial charge in [0.1, 0.15) is 54.8 Å². The van der Waals surface area contributed by atoms with Crippen LogP contribution in [0.3, 0.4) is 0 Å². The molecule has 0 bridgehead atoms. The number of hydrogen-bond donors (Lipinski definition) is 14. The van der Waals surface area contributed by atoms with Crippen LogP contribution in [0.1, 0.15) is 6.92 Å². The number of carbonyl (C=O) groups is 1. The molecular weight excluding hydrogens is 700 g/mol. The molecule has 25 nitrogen and oxygen atoms in total. The molecule has 15 unspecified atom stereocenters. The molecule has 0 aromatic rings. The summed E-state index contributed by atoms with van der Waals surface area (Å²) < 4.78 is 56.4. The predicted octanol–water partition coefficient (Wildman–Crippen LogP) is -7.93. The molecular formula is C21H41N7O18P2. The summed E-state index contributed by atoms with van der Waals surface area (Å²) in [5, 5.41) is 55.8. The molecule has 2 aliphatic heterocycles.